The summed E-state index contributed by atoms with van der Waals surface area (Å²) in [6.45, 7) is 2.04. The van der Waals surface area contributed by atoms with Gasteiger partial charge in [-0.2, -0.15) is 0 Å². The average molecular weight is 236 g/mol. The highest BCUT2D eigenvalue weighted by molar-refractivity contribution is 5.83. The third-order valence-electron chi connectivity index (χ3n) is 2.76. The fraction of sp³-hybridized carbons (Fsp3) is 0.462. The molecule has 4 N–H and O–H groups in total. The Bertz CT molecular complexity index is 341. The number of aliphatic hydroxyl groups excluding tert-OH is 1. The van der Waals surface area contributed by atoms with Crippen molar-refractivity contribution in [1.29, 1.82) is 0 Å². The third kappa shape index (κ3) is 4.17. The van der Waals surface area contributed by atoms with E-state index in [1.165, 1.54) is 0 Å². The Kier molecular flexibility index (Phi) is 5.66. The minimum absolute atomic E-state index is 0.0118. The molecule has 1 aromatic carbocycles. The smallest absolute Gasteiger partial charge is 0.241 e. The molecule has 17 heavy (non-hydrogen) atoms. The number of nitrogens with two attached hydrogens (primary N) is 1. The normalized spacial score (nSPS) is 14.1. The van der Waals surface area contributed by atoms with Crippen molar-refractivity contribution in [3.05, 3.63) is 35.9 Å². The molecule has 0 heterocycles. The zero-order chi connectivity index (χ0) is 12.7. The highest BCUT2D eigenvalue weighted by atomic mass is 16.3. The Morgan fingerprint density at radius 2 is 2.06 bits per heavy atom. The summed E-state index contributed by atoms with van der Waals surface area (Å²) in [5, 5.41) is 11.7. The molecule has 0 aliphatic carbocycles. The maximum Gasteiger partial charge on any atom is 0.241 e. The van der Waals surface area contributed by atoms with E-state index >= 15 is 0 Å². The van der Waals surface area contributed by atoms with E-state index in [1.807, 2.05) is 37.3 Å². The summed E-state index contributed by atoms with van der Waals surface area (Å²) in [5.41, 5.74) is 6.66. The van der Waals surface area contributed by atoms with Gasteiger partial charge in [-0.05, 0) is 18.4 Å². The van der Waals surface area contributed by atoms with Gasteiger partial charge in [0.2, 0.25) is 5.91 Å². The van der Waals surface area contributed by atoms with Gasteiger partial charge < -0.3 is 16.2 Å². The van der Waals surface area contributed by atoms with Gasteiger partial charge in [0.25, 0.3) is 0 Å². The third-order valence-corrected chi connectivity index (χ3v) is 2.76. The first-order valence-corrected chi connectivity index (χ1v) is 5.90. The van der Waals surface area contributed by atoms with Crippen molar-refractivity contribution in [3.8, 4) is 0 Å². The molecule has 4 heteroatoms. The standard InChI is InChI=1S/C13H20N2O2/c1-2-11(8-9-16)15-13(17)12(14)10-6-4-3-5-7-10/h3-7,11-12,16H,2,8-9,14H2,1H3,(H,15,17). The van der Waals surface area contributed by atoms with Crippen LogP contribution in [-0.2, 0) is 4.79 Å². The molecule has 0 bridgehead atoms. The molecule has 1 aromatic rings. The largest absolute Gasteiger partial charge is 0.396 e. The zero-order valence-electron chi connectivity index (χ0n) is 10.1. The van der Waals surface area contributed by atoms with Crippen LogP contribution in [0.4, 0.5) is 0 Å². The van der Waals surface area contributed by atoms with Gasteiger partial charge >= 0.3 is 0 Å². The van der Waals surface area contributed by atoms with Crippen LogP contribution in [0.15, 0.2) is 30.3 Å². The van der Waals surface area contributed by atoms with E-state index in [9.17, 15) is 4.79 Å². The van der Waals surface area contributed by atoms with Crippen LogP contribution < -0.4 is 11.1 Å². The van der Waals surface area contributed by atoms with Crippen molar-refractivity contribution >= 4 is 5.91 Å². The maximum absolute atomic E-state index is 11.9. The van der Waals surface area contributed by atoms with Crippen LogP contribution in [0.25, 0.3) is 0 Å². The number of hydrogen-bond acceptors (Lipinski definition) is 3. The first-order chi connectivity index (χ1) is 8.19. The monoisotopic (exact) mass is 236 g/mol. The molecule has 0 fully saturated rings. The van der Waals surface area contributed by atoms with Crippen LogP contribution in [0, 0.1) is 0 Å². The van der Waals surface area contributed by atoms with Crippen molar-refractivity contribution in [2.45, 2.75) is 31.8 Å². The average Bonchev–Trinajstić information content (AvgIpc) is 2.38. The van der Waals surface area contributed by atoms with Gasteiger partial charge in [0.15, 0.2) is 0 Å². The molecule has 0 spiro atoms. The first-order valence-electron chi connectivity index (χ1n) is 5.90. The number of rotatable bonds is 6. The van der Waals surface area contributed by atoms with Gasteiger partial charge in [-0.3, -0.25) is 4.79 Å². The summed E-state index contributed by atoms with van der Waals surface area (Å²) in [5.74, 6) is -0.198. The maximum atomic E-state index is 11.9. The molecule has 0 saturated heterocycles. The summed E-state index contributed by atoms with van der Waals surface area (Å²) in [6, 6.07) is 8.59. The second-order valence-electron chi connectivity index (χ2n) is 4.01. The SMILES string of the molecule is CCC(CCO)NC(=O)C(N)c1ccccc1. The summed E-state index contributed by atoms with van der Waals surface area (Å²) in [6.07, 6.45) is 1.34. The van der Waals surface area contributed by atoms with Crippen molar-refractivity contribution in [3.63, 3.8) is 0 Å². The van der Waals surface area contributed by atoms with Gasteiger partial charge in [0.1, 0.15) is 6.04 Å². The number of benzene rings is 1. The molecular formula is C13H20N2O2. The van der Waals surface area contributed by atoms with E-state index in [2.05, 4.69) is 5.32 Å². The second kappa shape index (κ2) is 7.04. The van der Waals surface area contributed by atoms with Crippen LogP contribution in [0.2, 0.25) is 0 Å². The molecule has 0 aliphatic rings. The van der Waals surface area contributed by atoms with Crippen LogP contribution in [0.5, 0.6) is 0 Å². The molecule has 1 amide bonds. The number of aliphatic hydroxyl groups is 1. The Morgan fingerprint density at radius 1 is 1.41 bits per heavy atom. The molecule has 2 unspecified atom stereocenters. The number of hydrogen-bond donors (Lipinski definition) is 3. The van der Waals surface area contributed by atoms with Crippen LogP contribution >= 0.6 is 0 Å². The summed E-state index contributed by atoms with van der Waals surface area (Å²) < 4.78 is 0. The van der Waals surface area contributed by atoms with E-state index in [1.54, 1.807) is 0 Å². The molecular weight excluding hydrogens is 216 g/mol. The molecule has 0 aliphatic heterocycles. The molecule has 0 saturated carbocycles. The molecule has 0 radical (unpaired) electrons. The molecule has 94 valence electrons. The fourth-order valence-corrected chi connectivity index (χ4v) is 1.64. The van der Waals surface area contributed by atoms with Gasteiger partial charge in [0.05, 0.1) is 0 Å². The van der Waals surface area contributed by atoms with Gasteiger partial charge in [-0.25, -0.2) is 0 Å². The van der Waals surface area contributed by atoms with Crippen molar-refractivity contribution in [2.24, 2.45) is 5.73 Å². The molecule has 0 aromatic heterocycles. The Morgan fingerprint density at radius 3 is 2.59 bits per heavy atom. The minimum Gasteiger partial charge on any atom is -0.396 e. The van der Waals surface area contributed by atoms with Crippen molar-refractivity contribution < 1.29 is 9.90 Å². The van der Waals surface area contributed by atoms with Crippen molar-refractivity contribution in [2.75, 3.05) is 6.61 Å². The van der Waals surface area contributed by atoms with E-state index in [-0.39, 0.29) is 18.6 Å². The van der Waals surface area contributed by atoms with Gasteiger partial charge in [0, 0.05) is 12.6 Å². The quantitative estimate of drug-likeness (QED) is 0.688. The zero-order valence-corrected chi connectivity index (χ0v) is 10.1. The van der Waals surface area contributed by atoms with E-state index < -0.39 is 6.04 Å². The number of nitrogens with one attached hydrogen (secondary N) is 1. The lowest BCUT2D eigenvalue weighted by Gasteiger charge is -2.19. The second-order valence-corrected chi connectivity index (χ2v) is 4.01. The predicted molar refractivity (Wildman–Crippen MR) is 67.3 cm³/mol. The van der Waals surface area contributed by atoms with E-state index in [4.69, 9.17) is 10.8 Å². The first kappa shape index (κ1) is 13.7. The Balaban J connectivity index is 2.58. The summed E-state index contributed by atoms with van der Waals surface area (Å²) in [4.78, 5) is 11.9. The van der Waals surface area contributed by atoms with E-state index in [0.29, 0.717) is 6.42 Å². The van der Waals surface area contributed by atoms with Crippen molar-refractivity contribution in [1.82, 2.24) is 5.32 Å². The number of carbonyl (C=O) groups excluding carboxylic acids is 1. The van der Waals surface area contributed by atoms with E-state index in [0.717, 1.165) is 12.0 Å². The van der Waals surface area contributed by atoms with Crippen LogP contribution in [0.3, 0.4) is 0 Å². The lowest BCUT2D eigenvalue weighted by Crippen LogP contribution is -2.41. The van der Waals surface area contributed by atoms with Crippen LogP contribution in [-0.4, -0.2) is 23.7 Å². The Hall–Kier alpha value is -1.39. The van der Waals surface area contributed by atoms with Gasteiger partial charge in [-0.15, -0.1) is 0 Å². The predicted octanol–water partition coefficient (Wildman–Crippen LogP) is 0.964. The lowest BCUT2D eigenvalue weighted by molar-refractivity contribution is -0.123. The number of amides is 1. The minimum atomic E-state index is -0.649. The topological polar surface area (TPSA) is 75.3 Å². The molecule has 2 atom stereocenters. The highest BCUT2D eigenvalue weighted by Gasteiger charge is 2.18. The van der Waals surface area contributed by atoms with Crippen LogP contribution in [0.1, 0.15) is 31.4 Å². The van der Waals surface area contributed by atoms with Gasteiger partial charge in [-0.1, -0.05) is 37.3 Å². The summed E-state index contributed by atoms with van der Waals surface area (Å²) >= 11 is 0. The number of carbonyl (C=O) groups is 1. The molecule has 4 nitrogen and oxygen atoms in total. The summed E-state index contributed by atoms with van der Waals surface area (Å²) in [7, 11) is 0. The Labute approximate surface area is 102 Å². The molecule has 1 rings (SSSR count). The highest BCUT2D eigenvalue weighted by Crippen LogP contribution is 2.10. The fourth-order valence-electron chi connectivity index (χ4n) is 1.64. The lowest BCUT2D eigenvalue weighted by atomic mass is 10.1.